The first-order chi connectivity index (χ1) is 12.6. The molecular formula is C21H47N3O2. The van der Waals surface area contributed by atoms with E-state index in [1.807, 2.05) is 41.5 Å². The molecule has 2 N–H and O–H groups in total. The highest BCUT2D eigenvalue weighted by Gasteiger charge is 2.20. The van der Waals surface area contributed by atoms with Gasteiger partial charge in [-0.05, 0) is 65.8 Å². The highest BCUT2D eigenvalue weighted by Crippen LogP contribution is 2.11. The third-order valence-electron chi connectivity index (χ3n) is 3.82. The standard InChI is InChI=1S/C10H18N2O2.C5H11N.3C2H6/c1-8(13)2-7-12-10(14)9-3-5-11-6-4-9;1-6-4-2-3-5-6;3*1-2/h9,11H,2-7H2,1H3,(H,12,14);2-5H2,1H3;3*1-2H3. The third-order valence-corrected chi connectivity index (χ3v) is 3.82. The van der Waals surface area contributed by atoms with Gasteiger partial charge in [-0.15, -0.1) is 0 Å². The largest absolute Gasteiger partial charge is 0.355 e. The number of Topliss-reactive ketones (excluding diaryl/α,β-unsaturated/α-hetero) is 1. The van der Waals surface area contributed by atoms with E-state index in [0.29, 0.717) is 13.0 Å². The second-order valence-corrected chi connectivity index (χ2v) is 5.78. The minimum Gasteiger partial charge on any atom is -0.355 e. The Labute approximate surface area is 163 Å². The predicted octanol–water partition coefficient (Wildman–Crippen LogP) is 3.87. The Kier molecular flexibility index (Phi) is 27.6. The Hall–Kier alpha value is -0.940. The molecule has 0 radical (unpaired) electrons. The van der Waals surface area contributed by atoms with E-state index in [1.165, 1.54) is 32.9 Å². The molecule has 0 saturated carbocycles. The molecule has 2 aliphatic heterocycles. The lowest BCUT2D eigenvalue weighted by molar-refractivity contribution is -0.125. The molecule has 5 heteroatoms. The van der Waals surface area contributed by atoms with Crippen LogP contribution in [-0.4, -0.2) is 56.4 Å². The molecule has 2 heterocycles. The number of amides is 1. The number of nitrogens with zero attached hydrogens (tertiary/aromatic N) is 1. The molecule has 2 rings (SSSR count). The van der Waals surface area contributed by atoms with Crippen molar-refractivity contribution in [2.75, 3.05) is 39.8 Å². The van der Waals surface area contributed by atoms with Gasteiger partial charge in [0, 0.05) is 18.9 Å². The molecule has 0 aromatic heterocycles. The Morgan fingerprint density at radius 1 is 0.962 bits per heavy atom. The number of likely N-dealkylation sites (tertiary alicyclic amines) is 1. The molecule has 2 aliphatic rings. The summed E-state index contributed by atoms with van der Waals surface area (Å²) in [4.78, 5) is 24.5. The van der Waals surface area contributed by atoms with E-state index < -0.39 is 0 Å². The molecule has 5 nitrogen and oxygen atoms in total. The molecule has 2 saturated heterocycles. The first kappa shape index (κ1) is 29.8. The minimum atomic E-state index is 0.104. The Morgan fingerprint density at radius 3 is 1.77 bits per heavy atom. The van der Waals surface area contributed by atoms with Gasteiger partial charge in [-0.3, -0.25) is 9.59 Å². The number of nitrogens with one attached hydrogen (secondary N) is 2. The van der Waals surface area contributed by atoms with Crippen LogP contribution in [0.25, 0.3) is 0 Å². The van der Waals surface area contributed by atoms with Crippen molar-refractivity contribution in [1.29, 1.82) is 0 Å². The van der Waals surface area contributed by atoms with Crippen LogP contribution in [0, 0.1) is 5.92 Å². The van der Waals surface area contributed by atoms with E-state index in [0.717, 1.165) is 25.9 Å². The molecule has 2 fully saturated rings. The molecular weight excluding hydrogens is 326 g/mol. The van der Waals surface area contributed by atoms with E-state index in [2.05, 4.69) is 22.6 Å². The van der Waals surface area contributed by atoms with E-state index in [-0.39, 0.29) is 17.6 Å². The van der Waals surface area contributed by atoms with Crippen molar-refractivity contribution in [2.45, 2.75) is 80.6 Å². The maximum absolute atomic E-state index is 11.5. The Balaban J connectivity index is -0.000000366. The molecule has 0 atom stereocenters. The van der Waals surface area contributed by atoms with Gasteiger partial charge in [0.2, 0.25) is 5.91 Å². The van der Waals surface area contributed by atoms with Crippen molar-refractivity contribution in [3.8, 4) is 0 Å². The van der Waals surface area contributed by atoms with Crippen molar-refractivity contribution in [3.05, 3.63) is 0 Å². The average Bonchev–Trinajstić information content (AvgIpc) is 3.18. The van der Waals surface area contributed by atoms with Crippen LogP contribution >= 0.6 is 0 Å². The second-order valence-electron chi connectivity index (χ2n) is 5.78. The summed E-state index contributed by atoms with van der Waals surface area (Å²) >= 11 is 0. The quantitative estimate of drug-likeness (QED) is 0.785. The lowest BCUT2D eigenvalue weighted by atomic mass is 9.97. The van der Waals surface area contributed by atoms with Crippen molar-refractivity contribution in [2.24, 2.45) is 5.92 Å². The number of hydrogen-bond acceptors (Lipinski definition) is 4. The topological polar surface area (TPSA) is 61.4 Å². The fourth-order valence-corrected chi connectivity index (χ4v) is 2.47. The van der Waals surface area contributed by atoms with Crippen molar-refractivity contribution >= 4 is 11.7 Å². The highest BCUT2D eigenvalue weighted by atomic mass is 16.2. The first-order valence-corrected chi connectivity index (χ1v) is 10.8. The SMILES string of the molecule is CC.CC.CC.CC(=O)CCNC(=O)C1CCNCC1.CN1CCCC1. The van der Waals surface area contributed by atoms with E-state index in [4.69, 9.17) is 0 Å². The minimum absolute atomic E-state index is 0.104. The zero-order valence-corrected chi connectivity index (χ0v) is 18.9. The van der Waals surface area contributed by atoms with Gasteiger partial charge in [-0.1, -0.05) is 41.5 Å². The van der Waals surface area contributed by atoms with Crippen molar-refractivity contribution in [3.63, 3.8) is 0 Å². The number of piperidine rings is 1. The van der Waals surface area contributed by atoms with Crippen LogP contribution in [0.5, 0.6) is 0 Å². The molecule has 0 aliphatic carbocycles. The molecule has 0 aromatic rings. The summed E-state index contributed by atoms with van der Waals surface area (Å²) in [7, 11) is 2.17. The first-order valence-electron chi connectivity index (χ1n) is 10.8. The molecule has 158 valence electrons. The summed E-state index contributed by atoms with van der Waals surface area (Å²) in [5.74, 6) is 0.367. The van der Waals surface area contributed by atoms with E-state index >= 15 is 0 Å². The zero-order chi connectivity index (χ0) is 20.8. The fourth-order valence-electron chi connectivity index (χ4n) is 2.47. The van der Waals surface area contributed by atoms with Gasteiger partial charge < -0.3 is 15.5 Å². The second kappa shape index (κ2) is 24.1. The summed E-state index contributed by atoms with van der Waals surface area (Å²) in [6.45, 7) is 18.5. The molecule has 0 bridgehead atoms. The zero-order valence-electron chi connectivity index (χ0n) is 18.9. The van der Waals surface area contributed by atoms with Crippen LogP contribution < -0.4 is 10.6 Å². The fraction of sp³-hybridized carbons (Fsp3) is 0.905. The summed E-state index contributed by atoms with van der Waals surface area (Å²) < 4.78 is 0. The normalized spacial score (nSPS) is 16.2. The van der Waals surface area contributed by atoms with Crippen LogP contribution in [0.4, 0.5) is 0 Å². The van der Waals surface area contributed by atoms with Crippen LogP contribution in [-0.2, 0) is 9.59 Å². The number of ketones is 1. The third kappa shape index (κ3) is 19.4. The summed E-state index contributed by atoms with van der Waals surface area (Å²) in [5, 5.41) is 6.01. The van der Waals surface area contributed by atoms with Gasteiger partial charge in [0.05, 0.1) is 0 Å². The number of hydrogen-bond donors (Lipinski definition) is 2. The van der Waals surface area contributed by atoms with E-state index in [9.17, 15) is 9.59 Å². The van der Waals surface area contributed by atoms with E-state index in [1.54, 1.807) is 0 Å². The molecule has 0 unspecified atom stereocenters. The highest BCUT2D eigenvalue weighted by molar-refractivity contribution is 5.80. The van der Waals surface area contributed by atoms with Gasteiger partial charge >= 0.3 is 0 Å². The molecule has 26 heavy (non-hydrogen) atoms. The average molecular weight is 374 g/mol. The van der Waals surface area contributed by atoms with Gasteiger partial charge in [-0.2, -0.15) is 0 Å². The maximum Gasteiger partial charge on any atom is 0.223 e. The molecule has 0 aromatic carbocycles. The van der Waals surface area contributed by atoms with Gasteiger partial charge in [-0.25, -0.2) is 0 Å². The lowest BCUT2D eigenvalue weighted by Crippen LogP contribution is -2.38. The number of rotatable bonds is 4. The molecule has 0 spiro atoms. The number of carbonyl (C=O) groups excluding carboxylic acids is 2. The van der Waals surface area contributed by atoms with Gasteiger partial charge in [0.25, 0.3) is 0 Å². The summed E-state index contributed by atoms with van der Waals surface area (Å²) in [5.41, 5.74) is 0. The Bertz CT molecular complexity index is 298. The van der Waals surface area contributed by atoms with Crippen molar-refractivity contribution in [1.82, 2.24) is 15.5 Å². The van der Waals surface area contributed by atoms with Crippen LogP contribution in [0.3, 0.4) is 0 Å². The predicted molar refractivity (Wildman–Crippen MR) is 115 cm³/mol. The number of carbonyl (C=O) groups is 2. The molecule has 1 amide bonds. The van der Waals surface area contributed by atoms with Gasteiger partial charge in [0.1, 0.15) is 5.78 Å². The lowest BCUT2D eigenvalue weighted by Gasteiger charge is -2.21. The maximum atomic E-state index is 11.5. The monoisotopic (exact) mass is 373 g/mol. The summed E-state index contributed by atoms with van der Waals surface area (Å²) in [6, 6.07) is 0. The van der Waals surface area contributed by atoms with Crippen LogP contribution in [0.1, 0.15) is 80.6 Å². The smallest absolute Gasteiger partial charge is 0.223 e. The van der Waals surface area contributed by atoms with Crippen molar-refractivity contribution < 1.29 is 9.59 Å². The van der Waals surface area contributed by atoms with Crippen LogP contribution in [0.15, 0.2) is 0 Å². The van der Waals surface area contributed by atoms with Crippen LogP contribution in [0.2, 0.25) is 0 Å². The Morgan fingerprint density at radius 2 is 1.42 bits per heavy atom. The summed E-state index contributed by atoms with van der Waals surface area (Å²) in [6.07, 6.45) is 5.08. The van der Waals surface area contributed by atoms with Gasteiger partial charge in [0.15, 0.2) is 0 Å².